The molecular weight excluding hydrogens is 448 g/mol. The monoisotopic (exact) mass is 478 g/mol. The van der Waals surface area contributed by atoms with Crippen LogP contribution in [0.15, 0.2) is 83.8 Å². The predicted octanol–water partition coefficient (Wildman–Crippen LogP) is 4.75. The minimum absolute atomic E-state index is 0.0296. The van der Waals surface area contributed by atoms with Crippen LogP contribution in [0.25, 0.3) is 0 Å². The number of sulfonamides is 1. The smallest absolute Gasteiger partial charge is 0.264 e. The van der Waals surface area contributed by atoms with Gasteiger partial charge in [-0.3, -0.25) is 9.10 Å². The normalized spacial score (nSPS) is 14.6. The van der Waals surface area contributed by atoms with Crippen molar-refractivity contribution < 1.29 is 17.9 Å². The number of aryl methyl sites for hydroxylation is 1. The lowest BCUT2D eigenvalue weighted by Crippen LogP contribution is -2.39. The molecule has 0 N–H and O–H groups in total. The highest BCUT2D eigenvalue weighted by atomic mass is 32.2. The standard InChI is InChI=1S/C27H30N2O4S/c1-21-8-14-26(15-9-21)34(31,32)28(2)24-12-10-23(11-13-24)27(30)29-18-16-22(17-19-29)20-33-25-6-4-3-5-7-25/h3-15,22H,16-20H2,1-2H3. The summed E-state index contributed by atoms with van der Waals surface area (Å²) in [6.07, 6.45) is 1.79. The first kappa shape index (κ1) is 23.8. The van der Waals surface area contributed by atoms with E-state index in [0.29, 0.717) is 36.9 Å². The largest absolute Gasteiger partial charge is 0.493 e. The fourth-order valence-electron chi connectivity index (χ4n) is 4.04. The van der Waals surface area contributed by atoms with E-state index < -0.39 is 10.0 Å². The number of hydrogen-bond acceptors (Lipinski definition) is 4. The lowest BCUT2D eigenvalue weighted by molar-refractivity contribution is 0.0661. The third-order valence-electron chi connectivity index (χ3n) is 6.29. The van der Waals surface area contributed by atoms with Crippen LogP contribution >= 0.6 is 0 Å². The summed E-state index contributed by atoms with van der Waals surface area (Å²) in [7, 11) is -2.15. The second-order valence-corrected chi connectivity index (χ2v) is 10.7. The van der Waals surface area contributed by atoms with Gasteiger partial charge in [0.25, 0.3) is 15.9 Å². The SMILES string of the molecule is Cc1ccc(S(=O)(=O)N(C)c2ccc(C(=O)N3CCC(COc4ccccc4)CC3)cc2)cc1. The van der Waals surface area contributed by atoms with Gasteiger partial charge in [0.2, 0.25) is 0 Å². The number of piperidine rings is 1. The van der Waals surface area contributed by atoms with Crippen molar-refractivity contribution in [3.63, 3.8) is 0 Å². The van der Waals surface area contributed by atoms with Gasteiger partial charge < -0.3 is 9.64 Å². The Balaban J connectivity index is 1.34. The Morgan fingerprint density at radius 2 is 1.56 bits per heavy atom. The number of carbonyl (C=O) groups excluding carboxylic acids is 1. The molecule has 0 aliphatic carbocycles. The fraction of sp³-hybridized carbons (Fsp3) is 0.296. The van der Waals surface area contributed by atoms with Gasteiger partial charge in [0.15, 0.2) is 0 Å². The lowest BCUT2D eigenvalue weighted by Gasteiger charge is -2.32. The van der Waals surface area contributed by atoms with E-state index >= 15 is 0 Å². The highest BCUT2D eigenvalue weighted by molar-refractivity contribution is 7.92. The Morgan fingerprint density at radius 3 is 2.18 bits per heavy atom. The quantitative estimate of drug-likeness (QED) is 0.491. The van der Waals surface area contributed by atoms with Crippen molar-refractivity contribution >= 4 is 21.6 Å². The van der Waals surface area contributed by atoms with Crippen molar-refractivity contribution in [3.8, 4) is 5.75 Å². The van der Waals surface area contributed by atoms with Crippen molar-refractivity contribution in [3.05, 3.63) is 90.0 Å². The van der Waals surface area contributed by atoms with Crippen LogP contribution in [0.1, 0.15) is 28.8 Å². The molecule has 3 aromatic carbocycles. The van der Waals surface area contributed by atoms with Crippen LogP contribution in [0.4, 0.5) is 5.69 Å². The topological polar surface area (TPSA) is 66.9 Å². The molecule has 0 unspecified atom stereocenters. The summed E-state index contributed by atoms with van der Waals surface area (Å²) in [5.74, 6) is 1.26. The molecule has 178 valence electrons. The summed E-state index contributed by atoms with van der Waals surface area (Å²) in [5, 5.41) is 0. The van der Waals surface area contributed by atoms with Crippen molar-refractivity contribution in [2.45, 2.75) is 24.7 Å². The molecule has 7 heteroatoms. The molecule has 1 aliphatic rings. The van der Waals surface area contributed by atoms with E-state index in [1.807, 2.05) is 42.2 Å². The molecule has 0 bridgehead atoms. The number of para-hydroxylation sites is 1. The zero-order valence-electron chi connectivity index (χ0n) is 19.6. The maximum Gasteiger partial charge on any atom is 0.264 e. The van der Waals surface area contributed by atoms with Gasteiger partial charge in [-0.15, -0.1) is 0 Å². The Labute approximate surface area is 201 Å². The van der Waals surface area contributed by atoms with Crippen LogP contribution in [0.5, 0.6) is 5.75 Å². The highest BCUT2D eigenvalue weighted by Gasteiger charge is 2.25. The zero-order chi connectivity index (χ0) is 24.1. The van der Waals surface area contributed by atoms with E-state index in [2.05, 4.69) is 0 Å². The number of nitrogens with zero attached hydrogens (tertiary/aromatic N) is 2. The average Bonchev–Trinajstić information content (AvgIpc) is 2.88. The molecule has 0 saturated carbocycles. The molecule has 1 aliphatic heterocycles. The van der Waals surface area contributed by atoms with E-state index in [9.17, 15) is 13.2 Å². The third kappa shape index (κ3) is 5.42. The van der Waals surface area contributed by atoms with Gasteiger partial charge in [-0.2, -0.15) is 0 Å². The molecule has 4 rings (SSSR count). The first-order valence-electron chi connectivity index (χ1n) is 11.5. The number of anilines is 1. The average molecular weight is 479 g/mol. The molecule has 1 fully saturated rings. The van der Waals surface area contributed by atoms with Gasteiger partial charge in [0, 0.05) is 25.7 Å². The van der Waals surface area contributed by atoms with E-state index in [4.69, 9.17) is 4.74 Å². The number of likely N-dealkylation sites (tertiary alicyclic amines) is 1. The molecule has 1 heterocycles. The van der Waals surface area contributed by atoms with E-state index in [1.54, 1.807) is 48.5 Å². The Hall–Kier alpha value is -3.32. The van der Waals surface area contributed by atoms with Gasteiger partial charge in [-0.1, -0.05) is 35.9 Å². The molecule has 3 aromatic rings. The molecule has 6 nitrogen and oxygen atoms in total. The second-order valence-electron chi connectivity index (χ2n) is 8.69. The number of ether oxygens (including phenoxy) is 1. The van der Waals surface area contributed by atoms with Crippen LogP contribution in [-0.2, 0) is 10.0 Å². The Morgan fingerprint density at radius 1 is 0.941 bits per heavy atom. The highest BCUT2D eigenvalue weighted by Crippen LogP contribution is 2.25. The Bertz CT molecular complexity index is 1200. The van der Waals surface area contributed by atoms with Gasteiger partial charge in [-0.25, -0.2) is 8.42 Å². The van der Waals surface area contributed by atoms with Crippen LogP contribution < -0.4 is 9.04 Å². The Kier molecular flexibility index (Phi) is 7.22. The molecule has 0 aromatic heterocycles. The predicted molar refractivity (Wildman–Crippen MR) is 134 cm³/mol. The van der Waals surface area contributed by atoms with Gasteiger partial charge in [-0.05, 0) is 74.2 Å². The first-order valence-corrected chi connectivity index (χ1v) is 12.9. The molecule has 0 spiro atoms. The summed E-state index contributed by atoms with van der Waals surface area (Å²) in [4.78, 5) is 15.1. The van der Waals surface area contributed by atoms with Crippen molar-refractivity contribution in [1.29, 1.82) is 0 Å². The van der Waals surface area contributed by atoms with Gasteiger partial charge in [0.05, 0.1) is 17.2 Å². The molecule has 1 amide bonds. The van der Waals surface area contributed by atoms with E-state index in [-0.39, 0.29) is 10.8 Å². The lowest BCUT2D eigenvalue weighted by atomic mass is 9.97. The van der Waals surface area contributed by atoms with Gasteiger partial charge >= 0.3 is 0 Å². The maximum atomic E-state index is 13.0. The third-order valence-corrected chi connectivity index (χ3v) is 8.09. The molecule has 34 heavy (non-hydrogen) atoms. The number of amides is 1. The maximum absolute atomic E-state index is 13.0. The summed E-state index contributed by atoms with van der Waals surface area (Å²) in [6.45, 7) is 3.94. The van der Waals surface area contributed by atoms with Crippen molar-refractivity contribution in [1.82, 2.24) is 4.90 Å². The van der Waals surface area contributed by atoms with E-state index in [0.717, 1.165) is 24.2 Å². The summed E-state index contributed by atoms with van der Waals surface area (Å²) >= 11 is 0. The number of rotatable bonds is 7. The molecule has 1 saturated heterocycles. The van der Waals surface area contributed by atoms with Crippen LogP contribution in [0, 0.1) is 12.8 Å². The summed E-state index contributed by atoms with van der Waals surface area (Å²) in [5.41, 5.74) is 2.06. The number of hydrogen-bond donors (Lipinski definition) is 0. The zero-order valence-corrected chi connectivity index (χ0v) is 20.4. The molecule has 0 atom stereocenters. The van der Waals surface area contributed by atoms with Crippen LogP contribution in [0.2, 0.25) is 0 Å². The van der Waals surface area contributed by atoms with Crippen molar-refractivity contribution in [2.24, 2.45) is 5.92 Å². The fourth-order valence-corrected chi connectivity index (χ4v) is 5.23. The minimum atomic E-state index is -3.67. The minimum Gasteiger partial charge on any atom is -0.493 e. The van der Waals surface area contributed by atoms with Crippen LogP contribution in [-0.4, -0.2) is 46.0 Å². The molecule has 0 radical (unpaired) electrons. The number of carbonyl (C=O) groups is 1. The first-order chi connectivity index (χ1) is 16.3. The second kappa shape index (κ2) is 10.3. The summed E-state index contributed by atoms with van der Waals surface area (Å²) < 4.78 is 33.0. The van der Waals surface area contributed by atoms with Crippen molar-refractivity contribution in [2.75, 3.05) is 31.0 Å². The van der Waals surface area contributed by atoms with Gasteiger partial charge in [0.1, 0.15) is 5.75 Å². The molecular formula is C27H30N2O4S. The van der Waals surface area contributed by atoms with Crippen LogP contribution in [0.3, 0.4) is 0 Å². The van der Waals surface area contributed by atoms with E-state index in [1.165, 1.54) is 11.4 Å². The number of benzene rings is 3. The summed E-state index contributed by atoms with van der Waals surface area (Å²) in [6, 6.07) is 23.3.